The van der Waals surface area contributed by atoms with Crippen LogP contribution < -0.4 is 0 Å². The summed E-state index contributed by atoms with van der Waals surface area (Å²) < 4.78 is 11.1. The molecule has 1 aliphatic carbocycles. The molecule has 1 fully saturated rings. The van der Waals surface area contributed by atoms with Gasteiger partial charge in [-0.1, -0.05) is 41.9 Å². The number of rotatable bonds is 4. The zero-order valence-electron chi connectivity index (χ0n) is 14.1. The van der Waals surface area contributed by atoms with Crippen molar-refractivity contribution < 1.29 is 8.94 Å². The van der Waals surface area contributed by atoms with Crippen molar-refractivity contribution >= 4 is 11.6 Å². The maximum absolute atomic E-state index is 9.44. The SMILES string of the molecule is Cc1ccc(-c2noc(/C(C#N)=C/c3ccc([C@@H]4C[C@H]4C)o3)n2)cc1. The minimum atomic E-state index is 0.191. The largest absolute Gasteiger partial charge is 0.461 e. The molecule has 0 saturated heterocycles. The van der Waals surface area contributed by atoms with E-state index in [1.807, 2.05) is 43.3 Å². The van der Waals surface area contributed by atoms with Gasteiger partial charge in [0.25, 0.3) is 5.89 Å². The molecule has 2 heterocycles. The molecule has 4 rings (SSSR count). The van der Waals surface area contributed by atoms with Crippen molar-refractivity contribution in [2.24, 2.45) is 5.92 Å². The molecule has 0 spiro atoms. The molecule has 25 heavy (non-hydrogen) atoms. The molecule has 0 unspecified atom stereocenters. The van der Waals surface area contributed by atoms with E-state index >= 15 is 0 Å². The Hall–Kier alpha value is -3.13. The third-order valence-corrected chi connectivity index (χ3v) is 4.50. The summed E-state index contributed by atoms with van der Waals surface area (Å²) in [5.74, 6) is 3.43. The van der Waals surface area contributed by atoms with Gasteiger partial charge < -0.3 is 8.94 Å². The number of hydrogen-bond donors (Lipinski definition) is 0. The Kier molecular flexibility index (Phi) is 3.73. The molecule has 1 aliphatic rings. The Balaban J connectivity index is 1.60. The lowest BCUT2D eigenvalue weighted by Gasteiger charge is -1.94. The van der Waals surface area contributed by atoms with Crippen molar-refractivity contribution in [1.29, 1.82) is 5.26 Å². The fourth-order valence-electron chi connectivity index (χ4n) is 2.80. The Morgan fingerprint density at radius 2 is 2.00 bits per heavy atom. The topological polar surface area (TPSA) is 75.8 Å². The predicted molar refractivity (Wildman–Crippen MR) is 93.2 cm³/mol. The molecule has 0 N–H and O–H groups in total. The quantitative estimate of drug-likeness (QED) is 0.640. The van der Waals surface area contributed by atoms with Crippen LogP contribution in [0.3, 0.4) is 0 Å². The second kappa shape index (κ2) is 6.06. The second-order valence-electron chi connectivity index (χ2n) is 6.52. The van der Waals surface area contributed by atoms with Crippen molar-refractivity contribution in [3.05, 3.63) is 59.4 Å². The van der Waals surface area contributed by atoms with Gasteiger partial charge in [-0.3, -0.25) is 0 Å². The summed E-state index contributed by atoms with van der Waals surface area (Å²) in [4.78, 5) is 4.33. The van der Waals surface area contributed by atoms with E-state index in [0.717, 1.165) is 23.3 Å². The first-order chi connectivity index (χ1) is 12.1. The summed E-state index contributed by atoms with van der Waals surface area (Å²) >= 11 is 0. The lowest BCUT2D eigenvalue weighted by molar-refractivity contribution is 0.409. The first-order valence-corrected chi connectivity index (χ1v) is 8.26. The molecule has 0 aliphatic heterocycles. The molecule has 1 saturated carbocycles. The summed E-state index contributed by atoms with van der Waals surface area (Å²) in [5, 5.41) is 13.4. The molecule has 0 amide bonds. The number of allylic oxidation sites excluding steroid dienone is 1. The molecule has 2 aromatic heterocycles. The second-order valence-corrected chi connectivity index (χ2v) is 6.52. The molecular formula is C20H17N3O2. The lowest BCUT2D eigenvalue weighted by Crippen LogP contribution is -1.84. The van der Waals surface area contributed by atoms with E-state index in [-0.39, 0.29) is 11.5 Å². The minimum Gasteiger partial charge on any atom is -0.461 e. The molecule has 5 nitrogen and oxygen atoms in total. The van der Waals surface area contributed by atoms with Crippen LogP contribution in [-0.2, 0) is 0 Å². The lowest BCUT2D eigenvalue weighted by atomic mass is 10.1. The van der Waals surface area contributed by atoms with Crippen molar-refractivity contribution in [1.82, 2.24) is 10.1 Å². The van der Waals surface area contributed by atoms with E-state index in [2.05, 4.69) is 23.1 Å². The van der Waals surface area contributed by atoms with E-state index in [9.17, 15) is 5.26 Å². The average Bonchev–Trinajstić information content (AvgIpc) is 3.04. The van der Waals surface area contributed by atoms with Gasteiger partial charge in [0, 0.05) is 17.6 Å². The number of aryl methyl sites for hydroxylation is 1. The molecule has 0 bridgehead atoms. The Morgan fingerprint density at radius 1 is 1.24 bits per heavy atom. The first kappa shape index (κ1) is 15.4. The Labute approximate surface area is 145 Å². The van der Waals surface area contributed by atoms with Crippen LogP contribution >= 0.6 is 0 Å². The third kappa shape index (κ3) is 3.11. The highest BCUT2D eigenvalue weighted by atomic mass is 16.5. The van der Waals surface area contributed by atoms with E-state index in [1.165, 1.54) is 0 Å². The summed E-state index contributed by atoms with van der Waals surface area (Å²) in [6.07, 6.45) is 2.80. The number of furan rings is 1. The van der Waals surface area contributed by atoms with Gasteiger partial charge >= 0.3 is 0 Å². The monoisotopic (exact) mass is 331 g/mol. The van der Waals surface area contributed by atoms with Gasteiger partial charge in [0.1, 0.15) is 23.2 Å². The van der Waals surface area contributed by atoms with E-state index in [1.54, 1.807) is 6.08 Å². The highest BCUT2D eigenvalue weighted by molar-refractivity contribution is 5.85. The highest BCUT2D eigenvalue weighted by Crippen LogP contribution is 2.47. The van der Waals surface area contributed by atoms with Gasteiger partial charge in [-0.15, -0.1) is 0 Å². The fourth-order valence-corrected chi connectivity index (χ4v) is 2.80. The van der Waals surface area contributed by atoms with Crippen LogP contribution in [0, 0.1) is 24.2 Å². The Bertz CT molecular complexity index is 973. The maximum atomic E-state index is 9.44. The molecule has 3 aromatic rings. The summed E-state index contributed by atoms with van der Waals surface area (Å²) in [7, 11) is 0. The van der Waals surface area contributed by atoms with Gasteiger partial charge in [0.15, 0.2) is 0 Å². The standard InChI is InChI=1S/C20H17N3O2/c1-12-3-5-14(6-4-12)19-22-20(25-23-19)15(11-21)10-16-7-8-18(24-16)17-9-13(17)2/h3-8,10,13,17H,9H2,1-2H3/b15-10+/t13-,17-/m1/s1. The molecule has 5 heteroatoms. The number of aromatic nitrogens is 2. The third-order valence-electron chi connectivity index (χ3n) is 4.50. The van der Waals surface area contributed by atoms with E-state index < -0.39 is 0 Å². The maximum Gasteiger partial charge on any atom is 0.269 e. The van der Waals surface area contributed by atoms with Gasteiger partial charge in [0.2, 0.25) is 5.82 Å². The van der Waals surface area contributed by atoms with Crippen LogP contribution in [0.2, 0.25) is 0 Å². The van der Waals surface area contributed by atoms with Gasteiger partial charge in [-0.05, 0) is 31.4 Å². The van der Waals surface area contributed by atoms with Crippen LogP contribution in [0.5, 0.6) is 0 Å². The normalized spacial score (nSPS) is 19.6. The van der Waals surface area contributed by atoms with Crippen molar-refractivity contribution in [2.45, 2.75) is 26.2 Å². The summed E-state index contributed by atoms with van der Waals surface area (Å²) in [5.41, 5.74) is 2.29. The van der Waals surface area contributed by atoms with Gasteiger partial charge in [0.05, 0.1) is 0 Å². The number of nitrogens with zero attached hydrogens (tertiary/aromatic N) is 3. The predicted octanol–water partition coefficient (Wildman–Crippen LogP) is 4.83. The summed E-state index contributed by atoms with van der Waals surface area (Å²) in [6, 6.07) is 13.8. The van der Waals surface area contributed by atoms with Crippen LogP contribution in [-0.4, -0.2) is 10.1 Å². The minimum absolute atomic E-state index is 0.191. The Morgan fingerprint density at radius 3 is 2.68 bits per heavy atom. The van der Waals surface area contributed by atoms with Crippen molar-refractivity contribution in [3.63, 3.8) is 0 Å². The first-order valence-electron chi connectivity index (χ1n) is 8.26. The van der Waals surface area contributed by atoms with Crippen molar-refractivity contribution in [3.8, 4) is 17.5 Å². The fraction of sp³-hybridized carbons (Fsp3) is 0.250. The summed E-state index contributed by atoms with van der Waals surface area (Å²) in [6.45, 7) is 4.22. The smallest absolute Gasteiger partial charge is 0.269 e. The number of hydrogen-bond acceptors (Lipinski definition) is 5. The van der Waals surface area contributed by atoms with Crippen LogP contribution in [0.1, 0.15) is 42.2 Å². The van der Waals surface area contributed by atoms with Gasteiger partial charge in [-0.25, -0.2) is 0 Å². The van der Waals surface area contributed by atoms with Crippen molar-refractivity contribution in [2.75, 3.05) is 0 Å². The highest BCUT2D eigenvalue weighted by Gasteiger charge is 2.36. The zero-order valence-corrected chi connectivity index (χ0v) is 14.1. The molecule has 1 aromatic carbocycles. The van der Waals surface area contributed by atoms with E-state index in [4.69, 9.17) is 8.94 Å². The molecular weight excluding hydrogens is 314 g/mol. The van der Waals surface area contributed by atoms with Crippen LogP contribution in [0.15, 0.2) is 45.3 Å². The molecule has 0 radical (unpaired) electrons. The molecule has 124 valence electrons. The van der Waals surface area contributed by atoms with Gasteiger partial charge in [-0.2, -0.15) is 10.2 Å². The average molecular weight is 331 g/mol. The number of benzene rings is 1. The zero-order chi connectivity index (χ0) is 17.4. The van der Waals surface area contributed by atoms with E-state index in [0.29, 0.717) is 23.4 Å². The molecule has 2 atom stereocenters. The van der Waals surface area contributed by atoms with Crippen LogP contribution in [0.25, 0.3) is 23.0 Å². The van der Waals surface area contributed by atoms with Crippen LogP contribution in [0.4, 0.5) is 0 Å². The number of nitriles is 1.